The van der Waals surface area contributed by atoms with Crippen LogP contribution in [0.1, 0.15) is 37.4 Å². The van der Waals surface area contributed by atoms with Crippen molar-refractivity contribution in [1.82, 2.24) is 4.98 Å². The highest BCUT2D eigenvalue weighted by atomic mass is 32.1. The van der Waals surface area contributed by atoms with Gasteiger partial charge in [0.05, 0.1) is 12.2 Å². The van der Waals surface area contributed by atoms with Crippen LogP contribution in [-0.4, -0.2) is 28.0 Å². The summed E-state index contributed by atoms with van der Waals surface area (Å²) in [6.45, 7) is 2.15. The average molecular weight is 359 g/mol. The van der Waals surface area contributed by atoms with Crippen molar-refractivity contribution in [2.75, 3.05) is 10.2 Å². The van der Waals surface area contributed by atoms with E-state index in [1.54, 1.807) is 11.8 Å². The van der Waals surface area contributed by atoms with Gasteiger partial charge in [-0.25, -0.2) is 4.98 Å². The molecule has 2 N–H and O–H groups in total. The lowest BCUT2D eigenvalue weighted by atomic mass is 10.1. The van der Waals surface area contributed by atoms with Gasteiger partial charge in [-0.1, -0.05) is 12.1 Å². The predicted molar refractivity (Wildman–Crippen MR) is 98.0 cm³/mol. The summed E-state index contributed by atoms with van der Waals surface area (Å²) in [7, 11) is 0. The molecular weight excluding hydrogens is 338 g/mol. The number of thiazole rings is 1. The van der Waals surface area contributed by atoms with Crippen molar-refractivity contribution in [2.24, 2.45) is 0 Å². The molecule has 0 aliphatic heterocycles. The number of carboxylic acids is 1. The van der Waals surface area contributed by atoms with Gasteiger partial charge in [0.25, 0.3) is 0 Å². The molecule has 1 aromatic heterocycles. The fraction of sp³-hybridized carbons (Fsp3) is 0.389. The molecule has 132 valence electrons. The van der Waals surface area contributed by atoms with Gasteiger partial charge in [0.15, 0.2) is 5.13 Å². The van der Waals surface area contributed by atoms with Crippen molar-refractivity contribution in [1.29, 1.82) is 0 Å². The fourth-order valence-corrected chi connectivity index (χ4v) is 3.59. The first-order valence-electron chi connectivity index (χ1n) is 8.32. The largest absolute Gasteiger partial charge is 0.481 e. The van der Waals surface area contributed by atoms with Crippen molar-refractivity contribution in [2.45, 2.75) is 45.2 Å². The SMILES string of the molecule is CC(=O)N(c1nc(CNc2cccc(CCC(=O)O)c2)cs1)C1CC1. The molecule has 6 nitrogen and oxygen atoms in total. The summed E-state index contributed by atoms with van der Waals surface area (Å²) >= 11 is 1.49. The number of hydrogen-bond acceptors (Lipinski definition) is 5. The number of aromatic nitrogens is 1. The molecule has 0 bridgehead atoms. The van der Waals surface area contributed by atoms with E-state index >= 15 is 0 Å². The Morgan fingerprint density at radius 3 is 2.88 bits per heavy atom. The van der Waals surface area contributed by atoms with Gasteiger partial charge in [-0.3, -0.25) is 14.5 Å². The Balaban J connectivity index is 1.59. The van der Waals surface area contributed by atoms with Gasteiger partial charge in [-0.15, -0.1) is 11.3 Å². The van der Waals surface area contributed by atoms with Crippen molar-refractivity contribution in [3.63, 3.8) is 0 Å². The highest BCUT2D eigenvalue weighted by molar-refractivity contribution is 7.14. The number of carbonyl (C=O) groups excluding carboxylic acids is 1. The number of aryl methyl sites for hydroxylation is 1. The van der Waals surface area contributed by atoms with Crippen molar-refractivity contribution < 1.29 is 14.7 Å². The fourth-order valence-electron chi connectivity index (χ4n) is 2.65. The number of carboxylic acid groups (broad SMARTS) is 1. The molecule has 2 aromatic rings. The number of hydrogen-bond donors (Lipinski definition) is 2. The molecule has 1 aliphatic carbocycles. The summed E-state index contributed by atoms with van der Waals surface area (Å²) in [4.78, 5) is 28.8. The molecule has 0 atom stereocenters. The molecule has 3 rings (SSSR count). The van der Waals surface area contributed by atoms with E-state index in [4.69, 9.17) is 5.11 Å². The summed E-state index contributed by atoms with van der Waals surface area (Å²) in [6.07, 6.45) is 2.74. The predicted octanol–water partition coefficient (Wildman–Crippen LogP) is 3.29. The molecule has 7 heteroatoms. The number of rotatable bonds is 8. The second-order valence-electron chi connectivity index (χ2n) is 6.19. The number of benzene rings is 1. The maximum atomic E-state index is 11.8. The Morgan fingerprint density at radius 1 is 1.40 bits per heavy atom. The van der Waals surface area contributed by atoms with Crippen molar-refractivity contribution >= 4 is 34.0 Å². The van der Waals surface area contributed by atoms with Crippen LogP contribution >= 0.6 is 11.3 Å². The normalized spacial score (nSPS) is 13.5. The Labute approximate surface area is 150 Å². The van der Waals surface area contributed by atoms with Crippen LogP contribution in [0.15, 0.2) is 29.6 Å². The Kier molecular flexibility index (Phi) is 5.33. The third kappa shape index (κ3) is 4.79. The highest BCUT2D eigenvalue weighted by Crippen LogP contribution is 2.33. The van der Waals surface area contributed by atoms with E-state index in [2.05, 4.69) is 10.3 Å². The van der Waals surface area contributed by atoms with Crippen LogP contribution < -0.4 is 10.2 Å². The molecule has 0 unspecified atom stereocenters. The molecular formula is C18H21N3O3S. The van der Waals surface area contributed by atoms with Crippen LogP contribution in [0.25, 0.3) is 0 Å². The summed E-state index contributed by atoms with van der Waals surface area (Å²) in [5.41, 5.74) is 2.81. The third-order valence-corrected chi connectivity index (χ3v) is 4.91. The van der Waals surface area contributed by atoms with Crippen LogP contribution in [0.4, 0.5) is 10.8 Å². The summed E-state index contributed by atoms with van der Waals surface area (Å²) in [5.74, 6) is -0.749. The third-order valence-electron chi connectivity index (χ3n) is 4.03. The van der Waals surface area contributed by atoms with Gasteiger partial charge in [0.1, 0.15) is 0 Å². The zero-order chi connectivity index (χ0) is 17.8. The number of carbonyl (C=O) groups is 2. The number of nitrogens with one attached hydrogen (secondary N) is 1. The van der Waals surface area contributed by atoms with E-state index in [1.807, 2.05) is 29.6 Å². The minimum Gasteiger partial charge on any atom is -0.481 e. The van der Waals surface area contributed by atoms with Crippen LogP contribution in [0, 0.1) is 0 Å². The Hall–Kier alpha value is -2.41. The number of amides is 1. The van der Waals surface area contributed by atoms with Gasteiger partial charge < -0.3 is 10.4 Å². The van der Waals surface area contributed by atoms with Gasteiger partial charge >= 0.3 is 5.97 Å². The molecule has 0 saturated heterocycles. The number of nitrogens with zero attached hydrogens (tertiary/aromatic N) is 2. The van der Waals surface area contributed by atoms with Crippen LogP contribution in [0.5, 0.6) is 0 Å². The van der Waals surface area contributed by atoms with E-state index in [-0.39, 0.29) is 12.3 Å². The van der Waals surface area contributed by atoms with Crippen LogP contribution in [-0.2, 0) is 22.6 Å². The first kappa shape index (κ1) is 17.4. The lowest BCUT2D eigenvalue weighted by Crippen LogP contribution is -2.30. The summed E-state index contributed by atoms with van der Waals surface area (Å²) in [6, 6.07) is 8.06. The van der Waals surface area contributed by atoms with E-state index in [0.717, 1.165) is 34.9 Å². The molecule has 1 aliphatic rings. The molecule has 25 heavy (non-hydrogen) atoms. The number of anilines is 2. The smallest absolute Gasteiger partial charge is 0.303 e. The van der Waals surface area contributed by atoms with Gasteiger partial charge in [0.2, 0.25) is 5.91 Å². The average Bonchev–Trinajstić information content (AvgIpc) is 3.29. The first-order valence-corrected chi connectivity index (χ1v) is 9.19. The Bertz CT molecular complexity index is 770. The Morgan fingerprint density at radius 2 is 2.20 bits per heavy atom. The van der Waals surface area contributed by atoms with Gasteiger partial charge in [-0.2, -0.15) is 0 Å². The lowest BCUT2D eigenvalue weighted by Gasteiger charge is -2.16. The van der Waals surface area contributed by atoms with E-state index < -0.39 is 5.97 Å². The maximum Gasteiger partial charge on any atom is 0.303 e. The molecule has 1 amide bonds. The van der Waals surface area contributed by atoms with Crippen molar-refractivity contribution in [3.05, 3.63) is 40.9 Å². The first-order chi connectivity index (χ1) is 12.0. The highest BCUT2D eigenvalue weighted by Gasteiger charge is 2.33. The molecule has 0 radical (unpaired) electrons. The van der Waals surface area contributed by atoms with Gasteiger partial charge in [-0.05, 0) is 37.0 Å². The zero-order valence-corrected chi connectivity index (χ0v) is 14.9. The van der Waals surface area contributed by atoms with E-state index in [1.165, 1.54) is 11.3 Å². The molecule has 1 aromatic carbocycles. The minimum atomic E-state index is -0.793. The molecule has 1 heterocycles. The molecule has 1 saturated carbocycles. The van der Waals surface area contributed by atoms with Crippen LogP contribution in [0.2, 0.25) is 0 Å². The summed E-state index contributed by atoms with van der Waals surface area (Å²) < 4.78 is 0. The van der Waals surface area contributed by atoms with Crippen LogP contribution in [0.3, 0.4) is 0 Å². The second-order valence-corrected chi connectivity index (χ2v) is 7.03. The topological polar surface area (TPSA) is 82.5 Å². The molecule has 0 spiro atoms. The standard InChI is InChI=1S/C18H21N3O3S/c1-12(22)21(16-6-7-16)18-20-15(11-25-18)10-19-14-4-2-3-13(9-14)5-8-17(23)24/h2-4,9,11,16,19H,5-8,10H2,1H3,(H,23,24). The molecule has 1 fully saturated rings. The quantitative estimate of drug-likeness (QED) is 0.756. The monoisotopic (exact) mass is 359 g/mol. The minimum absolute atomic E-state index is 0.0440. The number of aliphatic carboxylic acids is 1. The summed E-state index contributed by atoms with van der Waals surface area (Å²) in [5, 5.41) is 14.8. The van der Waals surface area contributed by atoms with Gasteiger partial charge in [0, 0.05) is 30.5 Å². The second kappa shape index (κ2) is 7.65. The van der Waals surface area contributed by atoms with E-state index in [9.17, 15) is 9.59 Å². The maximum absolute atomic E-state index is 11.8. The lowest BCUT2D eigenvalue weighted by molar-refractivity contribution is -0.137. The van der Waals surface area contributed by atoms with Crippen molar-refractivity contribution in [3.8, 4) is 0 Å². The zero-order valence-electron chi connectivity index (χ0n) is 14.1. The van der Waals surface area contributed by atoms with E-state index in [0.29, 0.717) is 19.0 Å².